The van der Waals surface area contributed by atoms with Crippen LogP contribution in [0.15, 0.2) is 24.3 Å². The molecule has 5 heteroatoms. The van der Waals surface area contributed by atoms with Gasteiger partial charge in [0.2, 0.25) is 11.8 Å². The number of hydrogen-bond donors (Lipinski definition) is 1. The van der Waals surface area contributed by atoms with Gasteiger partial charge in [0.15, 0.2) is 0 Å². The van der Waals surface area contributed by atoms with E-state index < -0.39 is 5.41 Å². The molecule has 0 bridgehead atoms. The van der Waals surface area contributed by atoms with Gasteiger partial charge in [-0.3, -0.25) is 9.59 Å². The van der Waals surface area contributed by atoms with Crippen LogP contribution in [0, 0.1) is 11.2 Å². The first kappa shape index (κ1) is 18.4. The summed E-state index contributed by atoms with van der Waals surface area (Å²) in [7, 11) is 0. The molecule has 0 aliphatic carbocycles. The lowest BCUT2D eigenvalue weighted by Crippen LogP contribution is -2.49. The summed E-state index contributed by atoms with van der Waals surface area (Å²) in [6, 6.07) is 6.70. The van der Waals surface area contributed by atoms with Gasteiger partial charge in [0, 0.05) is 31.0 Å². The summed E-state index contributed by atoms with van der Waals surface area (Å²) >= 11 is 0. The molecule has 0 atom stereocenters. The van der Waals surface area contributed by atoms with Gasteiger partial charge < -0.3 is 10.2 Å². The molecular formula is C19H27FN2O2. The lowest BCUT2D eigenvalue weighted by molar-refractivity contribution is -0.132. The average Bonchev–Trinajstić information content (AvgIpc) is 2.53. The molecule has 2 rings (SSSR count). The zero-order chi connectivity index (χ0) is 17.7. The van der Waals surface area contributed by atoms with E-state index in [1.54, 1.807) is 18.2 Å². The smallest absolute Gasteiger partial charge is 0.225 e. The number of piperidine rings is 1. The van der Waals surface area contributed by atoms with Crippen molar-refractivity contribution in [2.45, 2.75) is 52.5 Å². The van der Waals surface area contributed by atoms with Crippen LogP contribution in [-0.4, -0.2) is 35.8 Å². The van der Waals surface area contributed by atoms with Crippen LogP contribution in [0.1, 0.15) is 45.6 Å². The molecule has 1 aliphatic rings. The largest absolute Gasteiger partial charge is 0.353 e. The lowest BCUT2D eigenvalue weighted by Gasteiger charge is -2.33. The minimum absolute atomic E-state index is 0.0480. The van der Waals surface area contributed by atoms with Crippen LogP contribution in [0.25, 0.3) is 0 Å². The second-order valence-corrected chi connectivity index (χ2v) is 7.47. The molecule has 0 spiro atoms. The number of carbonyl (C=O) groups excluding carboxylic acids is 2. The average molecular weight is 334 g/mol. The summed E-state index contributed by atoms with van der Waals surface area (Å²) in [5, 5.41) is 3.06. The summed E-state index contributed by atoms with van der Waals surface area (Å²) < 4.78 is 13.6. The van der Waals surface area contributed by atoms with Gasteiger partial charge in [0.05, 0.1) is 0 Å². The molecule has 1 N–H and O–H groups in total. The minimum atomic E-state index is -0.396. The number of benzene rings is 1. The van der Waals surface area contributed by atoms with Gasteiger partial charge in [-0.1, -0.05) is 39.0 Å². The second kappa shape index (κ2) is 7.77. The highest BCUT2D eigenvalue weighted by atomic mass is 19.1. The van der Waals surface area contributed by atoms with E-state index in [1.807, 2.05) is 25.7 Å². The summed E-state index contributed by atoms with van der Waals surface area (Å²) in [6.45, 7) is 6.97. The standard InChI is InChI=1S/C19H27FN2O2/c1-19(2,3)18(24)21-15-10-12-22(13-11-15)17(23)9-8-14-6-4-5-7-16(14)20/h4-7,15H,8-13H2,1-3H3,(H,21,24). The second-order valence-electron chi connectivity index (χ2n) is 7.47. The van der Waals surface area contributed by atoms with Crippen LogP contribution in [0.2, 0.25) is 0 Å². The Labute approximate surface area is 143 Å². The fourth-order valence-electron chi connectivity index (χ4n) is 2.78. The van der Waals surface area contributed by atoms with E-state index in [0.29, 0.717) is 31.5 Å². The van der Waals surface area contributed by atoms with Crippen LogP contribution in [0.4, 0.5) is 4.39 Å². The van der Waals surface area contributed by atoms with E-state index in [0.717, 1.165) is 12.8 Å². The molecule has 0 aromatic heterocycles. The highest BCUT2D eigenvalue weighted by Gasteiger charge is 2.27. The minimum Gasteiger partial charge on any atom is -0.353 e. The van der Waals surface area contributed by atoms with Gasteiger partial charge in [-0.2, -0.15) is 0 Å². The molecule has 4 nitrogen and oxygen atoms in total. The number of likely N-dealkylation sites (tertiary alicyclic amines) is 1. The first-order valence-corrected chi connectivity index (χ1v) is 8.59. The topological polar surface area (TPSA) is 49.4 Å². The SMILES string of the molecule is CC(C)(C)C(=O)NC1CCN(C(=O)CCc2ccccc2F)CC1. The van der Waals surface area contributed by atoms with Gasteiger partial charge in [0.25, 0.3) is 0 Å². The van der Waals surface area contributed by atoms with Crippen molar-refractivity contribution in [3.63, 3.8) is 0 Å². The number of nitrogens with one attached hydrogen (secondary N) is 1. The molecule has 0 saturated carbocycles. The number of halogens is 1. The van der Waals surface area contributed by atoms with Crippen molar-refractivity contribution in [1.82, 2.24) is 10.2 Å². The van der Waals surface area contributed by atoms with Crippen molar-refractivity contribution in [3.8, 4) is 0 Å². The van der Waals surface area contributed by atoms with Gasteiger partial charge in [-0.05, 0) is 30.9 Å². The molecule has 1 saturated heterocycles. The molecule has 132 valence electrons. The van der Waals surface area contributed by atoms with Crippen LogP contribution < -0.4 is 5.32 Å². The van der Waals surface area contributed by atoms with E-state index in [1.165, 1.54) is 6.07 Å². The van der Waals surface area contributed by atoms with Crippen molar-refractivity contribution in [2.24, 2.45) is 5.41 Å². The van der Waals surface area contributed by atoms with Crippen LogP contribution in [0.5, 0.6) is 0 Å². The molecule has 2 amide bonds. The summed E-state index contributed by atoms with van der Waals surface area (Å²) in [5.74, 6) is -0.153. The zero-order valence-electron chi connectivity index (χ0n) is 14.8. The van der Waals surface area contributed by atoms with Crippen molar-refractivity contribution in [2.75, 3.05) is 13.1 Å². The molecule has 1 fully saturated rings. The number of aryl methyl sites for hydroxylation is 1. The summed E-state index contributed by atoms with van der Waals surface area (Å²) in [5.41, 5.74) is 0.186. The Morgan fingerprint density at radius 3 is 2.42 bits per heavy atom. The Balaban J connectivity index is 1.77. The van der Waals surface area contributed by atoms with Crippen molar-refractivity contribution in [1.29, 1.82) is 0 Å². The van der Waals surface area contributed by atoms with Crippen molar-refractivity contribution in [3.05, 3.63) is 35.6 Å². The summed E-state index contributed by atoms with van der Waals surface area (Å²) in [4.78, 5) is 26.1. The van der Waals surface area contributed by atoms with E-state index in [9.17, 15) is 14.0 Å². The van der Waals surface area contributed by atoms with Crippen LogP contribution in [0.3, 0.4) is 0 Å². The van der Waals surface area contributed by atoms with Crippen molar-refractivity contribution >= 4 is 11.8 Å². The molecular weight excluding hydrogens is 307 g/mol. The van der Waals surface area contributed by atoms with E-state index >= 15 is 0 Å². The predicted molar refractivity (Wildman–Crippen MR) is 91.9 cm³/mol. The van der Waals surface area contributed by atoms with Gasteiger partial charge in [0.1, 0.15) is 5.82 Å². The van der Waals surface area contributed by atoms with Crippen LogP contribution in [-0.2, 0) is 16.0 Å². The molecule has 24 heavy (non-hydrogen) atoms. The Kier molecular flexibility index (Phi) is 5.97. The Hall–Kier alpha value is -1.91. The zero-order valence-corrected chi connectivity index (χ0v) is 14.8. The Morgan fingerprint density at radius 1 is 1.21 bits per heavy atom. The maximum atomic E-state index is 13.6. The normalized spacial score (nSPS) is 16.1. The van der Waals surface area contributed by atoms with Gasteiger partial charge in [-0.15, -0.1) is 0 Å². The number of amides is 2. The predicted octanol–water partition coefficient (Wildman–Crippen LogP) is 2.91. The number of nitrogens with zero attached hydrogens (tertiary/aromatic N) is 1. The Bertz CT molecular complexity index is 587. The third-order valence-electron chi connectivity index (χ3n) is 4.43. The van der Waals surface area contributed by atoms with E-state index in [-0.39, 0.29) is 23.7 Å². The van der Waals surface area contributed by atoms with E-state index in [2.05, 4.69) is 5.32 Å². The Morgan fingerprint density at radius 2 is 1.83 bits per heavy atom. The molecule has 1 heterocycles. The first-order chi connectivity index (χ1) is 11.3. The monoisotopic (exact) mass is 334 g/mol. The maximum absolute atomic E-state index is 13.6. The summed E-state index contributed by atoms with van der Waals surface area (Å²) in [6.07, 6.45) is 2.28. The highest BCUT2D eigenvalue weighted by Crippen LogP contribution is 2.17. The number of rotatable bonds is 4. The fraction of sp³-hybridized carbons (Fsp3) is 0.579. The highest BCUT2D eigenvalue weighted by molar-refractivity contribution is 5.81. The molecule has 1 aromatic rings. The van der Waals surface area contributed by atoms with Gasteiger partial charge >= 0.3 is 0 Å². The maximum Gasteiger partial charge on any atom is 0.225 e. The van der Waals surface area contributed by atoms with Crippen LogP contribution >= 0.6 is 0 Å². The molecule has 0 radical (unpaired) electrons. The fourth-order valence-corrected chi connectivity index (χ4v) is 2.78. The number of carbonyl (C=O) groups is 2. The first-order valence-electron chi connectivity index (χ1n) is 8.59. The van der Waals surface area contributed by atoms with E-state index in [4.69, 9.17) is 0 Å². The molecule has 0 unspecified atom stereocenters. The van der Waals surface area contributed by atoms with Gasteiger partial charge in [-0.25, -0.2) is 4.39 Å². The lowest BCUT2D eigenvalue weighted by atomic mass is 9.94. The molecule has 1 aliphatic heterocycles. The quantitative estimate of drug-likeness (QED) is 0.920. The third-order valence-corrected chi connectivity index (χ3v) is 4.43. The third kappa shape index (κ3) is 5.05. The molecule has 1 aromatic carbocycles. The number of hydrogen-bond acceptors (Lipinski definition) is 2. The van der Waals surface area contributed by atoms with Crippen molar-refractivity contribution < 1.29 is 14.0 Å².